The highest BCUT2D eigenvalue weighted by Crippen LogP contribution is 2.39. The molecule has 3 aliphatic rings. The molecule has 1 saturated heterocycles. The first-order valence-corrected chi connectivity index (χ1v) is 7.94. The van der Waals surface area contributed by atoms with E-state index in [1.165, 1.54) is 32.1 Å². The molecule has 0 aromatic carbocycles. The van der Waals surface area contributed by atoms with E-state index in [-0.39, 0.29) is 11.8 Å². The molecule has 0 bridgehead atoms. The molecule has 108 valence electrons. The van der Waals surface area contributed by atoms with Crippen LogP contribution < -0.4 is 0 Å². The predicted octanol–water partition coefficient (Wildman–Crippen LogP) is 2.60. The Bertz CT molecular complexity index is 503. The van der Waals surface area contributed by atoms with Crippen LogP contribution in [0.4, 0.5) is 0 Å². The monoisotopic (exact) mass is 275 g/mol. The van der Waals surface area contributed by atoms with Crippen molar-refractivity contribution >= 4 is 5.91 Å². The molecule has 1 aliphatic heterocycles. The zero-order valence-corrected chi connectivity index (χ0v) is 11.8. The van der Waals surface area contributed by atoms with Crippen LogP contribution in [0.25, 0.3) is 0 Å². The van der Waals surface area contributed by atoms with Crippen LogP contribution in [0, 0.1) is 0 Å². The lowest BCUT2D eigenvalue weighted by molar-refractivity contribution is -0.130. The second-order valence-corrected chi connectivity index (χ2v) is 6.50. The summed E-state index contributed by atoms with van der Waals surface area (Å²) >= 11 is 0. The highest BCUT2D eigenvalue weighted by atomic mass is 16.5. The number of carbonyl (C=O) groups is 1. The Morgan fingerprint density at radius 1 is 1.05 bits per heavy atom. The predicted molar refractivity (Wildman–Crippen MR) is 72.2 cm³/mol. The Morgan fingerprint density at radius 3 is 2.60 bits per heavy atom. The second-order valence-electron chi connectivity index (χ2n) is 6.50. The molecule has 3 fully saturated rings. The molecule has 2 saturated carbocycles. The Hall–Kier alpha value is -1.39. The SMILES string of the molecule is O=C1CC(c2nc(C3CC3)no2)CN1C1CCCCC1. The van der Waals surface area contributed by atoms with Gasteiger partial charge >= 0.3 is 0 Å². The highest BCUT2D eigenvalue weighted by molar-refractivity contribution is 5.79. The molecular formula is C15H21N3O2. The summed E-state index contributed by atoms with van der Waals surface area (Å²) in [7, 11) is 0. The van der Waals surface area contributed by atoms with Crippen molar-refractivity contribution in [2.24, 2.45) is 0 Å². The molecule has 2 heterocycles. The van der Waals surface area contributed by atoms with Gasteiger partial charge in [-0.25, -0.2) is 0 Å². The first kappa shape index (κ1) is 12.4. The van der Waals surface area contributed by atoms with Crippen molar-refractivity contribution in [1.82, 2.24) is 15.0 Å². The van der Waals surface area contributed by atoms with Crippen molar-refractivity contribution in [1.29, 1.82) is 0 Å². The Kier molecular flexibility index (Phi) is 3.00. The summed E-state index contributed by atoms with van der Waals surface area (Å²) in [5.41, 5.74) is 0. The minimum atomic E-state index is 0.115. The van der Waals surface area contributed by atoms with Crippen molar-refractivity contribution in [2.75, 3.05) is 6.54 Å². The van der Waals surface area contributed by atoms with Gasteiger partial charge in [0.25, 0.3) is 0 Å². The largest absolute Gasteiger partial charge is 0.339 e. The normalized spacial score (nSPS) is 28.3. The Balaban J connectivity index is 1.45. The van der Waals surface area contributed by atoms with Gasteiger partial charge in [0.05, 0.1) is 5.92 Å². The summed E-state index contributed by atoms with van der Waals surface area (Å²) in [6, 6.07) is 0.451. The van der Waals surface area contributed by atoms with Crippen LogP contribution in [0.1, 0.15) is 74.9 Å². The molecule has 1 amide bonds. The van der Waals surface area contributed by atoms with Gasteiger partial charge in [-0.1, -0.05) is 24.4 Å². The molecule has 5 heteroatoms. The van der Waals surface area contributed by atoms with Crippen LogP contribution in [0.15, 0.2) is 4.52 Å². The summed E-state index contributed by atoms with van der Waals surface area (Å²) < 4.78 is 5.39. The highest BCUT2D eigenvalue weighted by Gasteiger charge is 2.39. The molecule has 1 aromatic rings. The summed E-state index contributed by atoms with van der Waals surface area (Å²) in [4.78, 5) is 18.8. The van der Waals surface area contributed by atoms with E-state index in [1.54, 1.807) is 0 Å². The van der Waals surface area contributed by atoms with E-state index < -0.39 is 0 Å². The van der Waals surface area contributed by atoms with Crippen LogP contribution in [0.3, 0.4) is 0 Å². The topological polar surface area (TPSA) is 59.2 Å². The van der Waals surface area contributed by atoms with Gasteiger partial charge < -0.3 is 9.42 Å². The zero-order chi connectivity index (χ0) is 13.5. The van der Waals surface area contributed by atoms with Gasteiger partial charge in [-0.05, 0) is 25.7 Å². The molecule has 0 radical (unpaired) electrons. The zero-order valence-electron chi connectivity index (χ0n) is 11.8. The van der Waals surface area contributed by atoms with E-state index in [0.717, 1.165) is 25.2 Å². The lowest BCUT2D eigenvalue weighted by atomic mass is 9.94. The Labute approximate surface area is 118 Å². The third kappa shape index (κ3) is 2.23. The number of likely N-dealkylation sites (tertiary alicyclic amines) is 1. The van der Waals surface area contributed by atoms with Gasteiger partial charge in [0.1, 0.15) is 0 Å². The van der Waals surface area contributed by atoms with Crippen LogP contribution in [-0.4, -0.2) is 33.5 Å². The summed E-state index contributed by atoms with van der Waals surface area (Å²) in [5, 5.41) is 4.07. The first-order chi connectivity index (χ1) is 9.81. The number of aromatic nitrogens is 2. The average Bonchev–Trinajstić information content (AvgIpc) is 3.08. The van der Waals surface area contributed by atoms with Crippen molar-refractivity contribution in [2.45, 2.75) is 69.2 Å². The van der Waals surface area contributed by atoms with E-state index in [2.05, 4.69) is 15.0 Å². The molecule has 1 aromatic heterocycles. The standard InChI is InChI=1S/C15H21N3O2/c19-13-8-11(9-18(13)12-4-2-1-3-5-12)15-16-14(17-20-15)10-6-7-10/h10-12H,1-9H2. The van der Waals surface area contributed by atoms with Crippen LogP contribution in [0.2, 0.25) is 0 Å². The molecule has 1 atom stereocenters. The lowest BCUT2D eigenvalue weighted by Crippen LogP contribution is -2.37. The van der Waals surface area contributed by atoms with Gasteiger partial charge in [0.15, 0.2) is 5.82 Å². The first-order valence-electron chi connectivity index (χ1n) is 7.94. The number of hydrogen-bond acceptors (Lipinski definition) is 4. The van der Waals surface area contributed by atoms with E-state index >= 15 is 0 Å². The number of nitrogens with zero attached hydrogens (tertiary/aromatic N) is 3. The van der Waals surface area contributed by atoms with Gasteiger partial charge in [0, 0.05) is 24.9 Å². The van der Waals surface area contributed by atoms with Crippen molar-refractivity contribution in [3.05, 3.63) is 11.7 Å². The summed E-state index contributed by atoms with van der Waals surface area (Å²) in [6.07, 6.45) is 9.05. The Morgan fingerprint density at radius 2 is 1.85 bits per heavy atom. The van der Waals surface area contributed by atoms with Crippen molar-refractivity contribution < 1.29 is 9.32 Å². The van der Waals surface area contributed by atoms with Gasteiger partial charge in [0.2, 0.25) is 11.8 Å². The van der Waals surface area contributed by atoms with E-state index in [4.69, 9.17) is 4.52 Å². The minimum Gasteiger partial charge on any atom is -0.339 e. The fourth-order valence-electron chi connectivity index (χ4n) is 3.56. The molecule has 5 nitrogen and oxygen atoms in total. The molecule has 20 heavy (non-hydrogen) atoms. The third-order valence-electron chi connectivity index (χ3n) is 4.92. The van der Waals surface area contributed by atoms with Gasteiger partial charge in [-0.15, -0.1) is 0 Å². The summed E-state index contributed by atoms with van der Waals surface area (Å²) in [5.74, 6) is 2.43. The molecule has 1 unspecified atom stereocenters. The maximum atomic E-state index is 12.2. The fraction of sp³-hybridized carbons (Fsp3) is 0.800. The number of rotatable bonds is 3. The second kappa shape index (κ2) is 4.86. The molecule has 4 rings (SSSR count). The molecule has 2 aliphatic carbocycles. The average molecular weight is 275 g/mol. The van der Waals surface area contributed by atoms with Crippen LogP contribution in [-0.2, 0) is 4.79 Å². The maximum Gasteiger partial charge on any atom is 0.232 e. The van der Waals surface area contributed by atoms with Crippen molar-refractivity contribution in [3.63, 3.8) is 0 Å². The van der Waals surface area contributed by atoms with Crippen molar-refractivity contribution in [3.8, 4) is 0 Å². The maximum absolute atomic E-state index is 12.2. The van der Waals surface area contributed by atoms with Gasteiger partial charge in [-0.3, -0.25) is 4.79 Å². The molecule has 0 spiro atoms. The fourth-order valence-corrected chi connectivity index (χ4v) is 3.56. The molecule has 0 N–H and O–H groups in total. The summed E-state index contributed by atoms with van der Waals surface area (Å²) in [6.45, 7) is 0.774. The van der Waals surface area contributed by atoms with Gasteiger partial charge in [-0.2, -0.15) is 4.98 Å². The number of carbonyl (C=O) groups excluding carboxylic acids is 1. The molecular weight excluding hydrogens is 254 g/mol. The number of hydrogen-bond donors (Lipinski definition) is 0. The smallest absolute Gasteiger partial charge is 0.232 e. The minimum absolute atomic E-state index is 0.115. The number of amides is 1. The van der Waals surface area contributed by atoms with Crippen LogP contribution in [0.5, 0.6) is 0 Å². The quantitative estimate of drug-likeness (QED) is 0.850. The third-order valence-corrected chi connectivity index (χ3v) is 4.92. The lowest BCUT2D eigenvalue weighted by Gasteiger charge is -2.31. The van der Waals surface area contributed by atoms with E-state index in [9.17, 15) is 4.79 Å². The van der Waals surface area contributed by atoms with Crippen LogP contribution >= 0.6 is 0 Å². The van der Waals surface area contributed by atoms with E-state index in [1.807, 2.05) is 0 Å². The van der Waals surface area contributed by atoms with E-state index in [0.29, 0.717) is 24.3 Å².